The van der Waals surface area contributed by atoms with E-state index in [1.165, 1.54) is 4.90 Å². The van der Waals surface area contributed by atoms with E-state index < -0.39 is 18.3 Å². The summed E-state index contributed by atoms with van der Waals surface area (Å²) < 4.78 is 37.4. The van der Waals surface area contributed by atoms with Gasteiger partial charge in [0.25, 0.3) is 0 Å². The molecule has 0 aliphatic heterocycles. The first-order chi connectivity index (χ1) is 9.82. The molecule has 21 heavy (non-hydrogen) atoms. The fourth-order valence-corrected chi connectivity index (χ4v) is 2.37. The van der Waals surface area contributed by atoms with E-state index in [-0.39, 0.29) is 0 Å². The van der Waals surface area contributed by atoms with Crippen LogP contribution in [0.2, 0.25) is 0 Å². The SMILES string of the molecule is CCCNC(C#N)(CC)CCCN(CCC)CC(F)(F)F. The average Bonchev–Trinajstić information content (AvgIpc) is 2.41. The van der Waals surface area contributed by atoms with Crippen LogP contribution in [0.25, 0.3) is 0 Å². The lowest BCUT2D eigenvalue weighted by Gasteiger charge is -2.29. The molecule has 0 amide bonds. The standard InChI is InChI=1S/C15H28F3N3/c1-4-9-20-14(6-3,12-19)8-7-11-21(10-5-2)13-15(16,17)18/h20H,4-11,13H2,1-3H3. The number of nitrogens with one attached hydrogen (secondary N) is 1. The van der Waals surface area contributed by atoms with Gasteiger partial charge < -0.3 is 0 Å². The minimum absolute atomic E-state index is 0.380. The first-order valence-electron chi connectivity index (χ1n) is 7.77. The van der Waals surface area contributed by atoms with E-state index in [2.05, 4.69) is 11.4 Å². The molecule has 6 heteroatoms. The van der Waals surface area contributed by atoms with E-state index in [4.69, 9.17) is 0 Å². The zero-order valence-corrected chi connectivity index (χ0v) is 13.4. The molecule has 0 saturated carbocycles. The van der Waals surface area contributed by atoms with Crippen LogP contribution in [0, 0.1) is 11.3 Å². The van der Waals surface area contributed by atoms with E-state index in [1.807, 2.05) is 20.8 Å². The lowest BCUT2D eigenvalue weighted by atomic mass is 9.91. The Morgan fingerprint density at radius 2 is 1.76 bits per heavy atom. The van der Waals surface area contributed by atoms with Crippen molar-refractivity contribution in [2.24, 2.45) is 0 Å². The van der Waals surface area contributed by atoms with E-state index >= 15 is 0 Å². The molecule has 124 valence electrons. The summed E-state index contributed by atoms with van der Waals surface area (Å²) in [4.78, 5) is 1.43. The zero-order chi connectivity index (χ0) is 16.4. The van der Waals surface area contributed by atoms with Crippen molar-refractivity contribution in [1.82, 2.24) is 10.2 Å². The Bertz CT molecular complexity index is 312. The quantitative estimate of drug-likeness (QED) is 0.632. The summed E-state index contributed by atoms with van der Waals surface area (Å²) in [6.45, 7) is 6.54. The summed E-state index contributed by atoms with van der Waals surface area (Å²) >= 11 is 0. The molecule has 0 spiro atoms. The van der Waals surface area contributed by atoms with Crippen molar-refractivity contribution < 1.29 is 13.2 Å². The highest BCUT2D eigenvalue weighted by Crippen LogP contribution is 2.20. The molecule has 0 aliphatic carbocycles. The predicted octanol–water partition coefficient (Wildman–Crippen LogP) is 3.71. The second kappa shape index (κ2) is 10.0. The van der Waals surface area contributed by atoms with Gasteiger partial charge in [-0.1, -0.05) is 20.8 Å². The van der Waals surface area contributed by atoms with Gasteiger partial charge in [0.05, 0.1) is 12.6 Å². The highest BCUT2D eigenvalue weighted by atomic mass is 19.4. The highest BCUT2D eigenvalue weighted by Gasteiger charge is 2.31. The van der Waals surface area contributed by atoms with Crippen molar-refractivity contribution in [2.45, 2.75) is 64.6 Å². The summed E-state index contributed by atoms with van der Waals surface area (Å²) in [6.07, 6.45) is -0.698. The molecule has 1 unspecified atom stereocenters. The number of hydrogen-bond donors (Lipinski definition) is 1. The van der Waals surface area contributed by atoms with Crippen molar-refractivity contribution in [3.05, 3.63) is 0 Å². The van der Waals surface area contributed by atoms with E-state index in [0.29, 0.717) is 38.8 Å². The van der Waals surface area contributed by atoms with Crippen LogP contribution in [0.15, 0.2) is 0 Å². The molecule has 1 N–H and O–H groups in total. The third-order valence-corrected chi connectivity index (χ3v) is 3.55. The number of nitriles is 1. The van der Waals surface area contributed by atoms with Crippen LogP contribution in [0.4, 0.5) is 13.2 Å². The lowest BCUT2D eigenvalue weighted by molar-refractivity contribution is -0.146. The molecule has 0 bridgehead atoms. The van der Waals surface area contributed by atoms with Crippen LogP contribution < -0.4 is 5.32 Å². The lowest BCUT2D eigenvalue weighted by Crippen LogP contribution is -2.44. The minimum Gasteiger partial charge on any atom is -0.299 e. The first kappa shape index (κ1) is 20.2. The van der Waals surface area contributed by atoms with Crippen molar-refractivity contribution in [3.63, 3.8) is 0 Å². The normalized spacial score (nSPS) is 15.0. The Balaban J connectivity index is 4.41. The van der Waals surface area contributed by atoms with Gasteiger partial charge in [0.15, 0.2) is 0 Å². The third kappa shape index (κ3) is 8.94. The van der Waals surface area contributed by atoms with Crippen molar-refractivity contribution in [3.8, 4) is 6.07 Å². The van der Waals surface area contributed by atoms with E-state index in [1.54, 1.807) is 0 Å². The van der Waals surface area contributed by atoms with Crippen LogP contribution in [0.1, 0.15) is 52.9 Å². The molecule has 0 fully saturated rings. The van der Waals surface area contributed by atoms with Gasteiger partial charge in [-0.15, -0.1) is 0 Å². The minimum atomic E-state index is -4.16. The second-order valence-corrected chi connectivity index (χ2v) is 5.47. The predicted molar refractivity (Wildman–Crippen MR) is 78.9 cm³/mol. The maximum Gasteiger partial charge on any atom is 0.401 e. The van der Waals surface area contributed by atoms with Gasteiger partial charge in [0.1, 0.15) is 5.54 Å². The maximum atomic E-state index is 12.5. The Morgan fingerprint density at radius 1 is 1.10 bits per heavy atom. The monoisotopic (exact) mass is 307 g/mol. The Kier molecular flexibility index (Phi) is 9.63. The van der Waals surface area contributed by atoms with E-state index in [9.17, 15) is 18.4 Å². The Labute approximate surface area is 126 Å². The molecule has 1 atom stereocenters. The van der Waals surface area contributed by atoms with Gasteiger partial charge in [-0.3, -0.25) is 10.2 Å². The first-order valence-corrected chi connectivity index (χ1v) is 7.77. The second-order valence-electron chi connectivity index (χ2n) is 5.47. The van der Waals surface area contributed by atoms with Gasteiger partial charge in [-0.05, 0) is 51.7 Å². The summed E-state index contributed by atoms with van der Waals surface area (Å²) in [7, 11) is 0. The van der Waals surface area contributed by atoms with E-state index in [0.717, 1.165) is 13.0 Å². The topological polar surface area (TPSA) is 39.1 Å². The molecule has 0 heterocycles. The fourth-order valence-electron chi connectivity index (χ4n) is 2.37. The van der Waals surface area contributed by atoms with Crippen LogP contribution in [-0.4, -0.2) is 42.8 Å². The molecule has 0 radical (unpaired) electrons. The molecule has 0 rings (SSSR count). The zero-order valence-electron chi connectivity index (χ0n) is 13.4. The number of alkyl halides is 3. The van der Waals surface area contributed by atoms with Crippen molar-refractivity contribution >= 4 is 0 Å². The Morgan fingerprint density at radius 3 is 2.19 bits per heavy atom. The van der Waals surface area contributed by atoms with Crippen LogP contribution in [0.3, 0.4) is 0 Å². The Hall–Kier alpha value is -0.800. The van der Waals surface area contributed by atoms with Crippen molar-refractivity contribution in [1.29, 1.82) is 5.26 Å². The molecule has 0 aliphatic rings. The smallest absolute Gasteiger partial charge is 0.299 e. The number of nitrogens with zero attached hydrogens (tertiary/aromatic N) is 2. The van der Waals surface area contributed by atoms with Crippen LogP contribution in [0.5, 0.6) is 0 Å². The number of halogens is 3. The van der Waals surface area contributed by atoms with Gasteiger partial charge in [0.2, 0.25) is 0 Å². The molecule has 0 aromatic carbocycles. The van der Waals surface area contributed by atoms with Crippen LogP contribution >= 0.6 is 0 Å². The number of hydrogen-bond acceptors (Lipinski definition) is 3. The largest absolute Gasteiger partial charge is 0.401 e. The summed E-state index contributed by atoms with van der Waals surface area (Å²) in [5, 5.41) is 12.6. The molecule has 0 aromatic heterocycles. The van der Waals surface area contributed by atoms with Gasteiger partial charge in [-0.25, -0.2) is 0 Å². The molecule has 0 saturated heterocycles. The molecule has 3 nitrogen and oxygen atoms in total. The number of rotatable bonds is 11. The van der Waals surface area contributed by atoms with Gasteiger partial charge in [0, 0.05) is 0 Å². The summed E-state index contributed by atoms with van der Waals surface area (Å²) in [5.74, 6) is 0. The molecular weight excluding hydrogens is 279 g/mol. The van der Waals surface area contributed by atoms with Crippen molar-refractivity contribution in [2.75, 3.05) is 26.2 Å². The third-order valence-electron chi connectivity index (χ3n) is 3.55. The van der Waals surface area contributed by atoms with Gasteiger partial charge in [-0.2, -0.15) is 18.4 Å². The fraction of sp³-hybridized carbons (Fsp3) is 0.933. The maximum absolute atomic E-state index is 12.5. The average molecular weight is 307 g/mol. The summed E-state index contributed by atoms with van der Waals surface area (Å²) in [5.41, 5.74) is -0.605. The molecular formula is C15H28F3N3. The molecule has 0 aromatic rings. The van der Waals surface area contributed by atoms with Crippen LogP contribution in [-0.2, 0) is 0 Å². The van der Waals surface area contributed by atoms with Gasteiger partial charge >= 0.3 is 6.18 Å². The summed E-state index contributed by atoms with van der Waals surface area (Å²) in [6, 6.07) is 2.30. The highest BCUT2D eigenvalue weighted by molar-refractivity contribution is 5.06.